The summed E-state index contributed by atoms with van der Waals surface area (Å²) in [5.41, 5.74) is 4.39. The van der Waals surface area contributed by atoms with Gasteiger partial charge in [-0.15, -0.1) is 0 Å². The number of pyridine rings is 1. The maximum Gasteiger partial charge on any atom is 0.490 e. The van der Waals surface area contributed by atoms with E-state index in [-0.39, 0.29) is 5.56 Å². The average Bonchev–Trinajstić information content (AvgIpc) is 3.34. The molecule has 2 aromatic heterocycles. The Morgan fingerprint density at radius 2 is 1.48 bits per heavy atom. The lowest BCUT2D eigenvalue weighted by atomic mass is 9.98. The lowest BCUT2D eigenvalue weighted by Crippen LogP contribution is -2.21. The van der Waals surface area contributed by atoms with Crippen molar-refractivity contribution < 1.29 is 42.4 Å². The first-order chi connectivity index (χ1) is 19.0. The molecule has 3 N–H and O–H groups in total. The number of aromatic nitrogens is 3. The topological polar surface area (TPSA) is 135 Å². The number of methoxy groups -OCH3 is 2. The molecule has 0 aliphatic carbocycles. The first-order valence-electron chi connectivity index (χ1n) is 11.6. The summed E-state index contributed by atoms with van der Waals surface area (Å²) in [5, 5.41) is 26.7. The van der Waals surface area contributed by atoms with Gasteiger partial charge < -0.3 is 19.7 Å². The minimum atomic E-state index is -5.08. The van der Waals surface area contributed by atoms with Gasteiger partial charge in [0.1, 0.15) is 0 Å². The number of hydrogen-bond acceptors (Lipinski definition) is 6. The summed E-state index contributed by atoms with van der Waals surface area (Å²) >= 11 is 0. The SMILES string of the molecule is COc1cc2c(-c3ccc(C(=O)O)cc3)nc3[nH]nc(Cc4ccccc4)c3c2cc1OC.O=C(O)C(F)(F)F. The molecule has 2 heterocycles. The van der Waals surface area contributed by atoms with E-state index in [1.807, 2.05) is 30.3 Å². The minimum Gasteiger partial charge on any atom is -0.493 e. The average molecular weight is 553 g/mol. The molecule has 206 valence electrons. The van der Waals surface area contributed by atoms with Crippen molar-refractivity contribution in [2.75, 3.05) is 14.2 Å². The predicted molar refractivity (Wildman–Crippen MR) is 140 cm³/mol. The van der Waals surface area contributed by atoms with E-state index in [0.717, 1.165) is 33.0 Å². The second kappa shape index (κ2) is 11.3. The van der Waals surface area contributed by atoms with Crippen LogP contribution in [0, 0.1) is 0 Å². The molecule has 40 heavy (non-hydrogen) atoms. The summed E-state index contributed by atoms with van der Waals surface area (Å²) in [6.07, 6.45) is -4.43. The van der Waals surface area contributed by atoms with Crippen LogP contribution in [-0.4, -0.2) is 57.7 Å². The Morgan fingerprint density at radius 1 is 0.900 bits per heavy atom. The number of alkyl halides is 3. The fourth-order valence-electron chi connectivity index (χ4n) is 4.09. The zero-order valence-electron chi connectivity index (χ0n) is 21.1. The van der Waals surface area contributed by atoms with Crippen molar-refractivity contribution in [3.05, 3.63) is 83.6 Å². The lowest BCUT2D eigenvalue weighted by molar-refractivity contribution is -0.192. The number of aromatic amines is 1. The number of ether oxygens (including phenoxy) is 2. The van der Waals surface area contributed by atoms with Crippen molar-refractivity contribution in [2.24, 2.45) is 0 Å². The number of H-pyrrole nitrogens is 1. The molecule has 0 saturated carbocycles. The molecule has 0 aliphatic rings. The van der Waals surface area contributed by atoms with Gasteiger partial charge in [-0.2, -0.15) is 18.3 Å². The van der Waals surface area contributed by atoms with Crippen molar-refractivity contribution in [3.8, 4) is 22.8 Å². The Hall–Kier alpha value is -5.13. The van der Waals surface area contributed by atoms with E-state index < -0.39 is 18.1 Å². The highest BCUT2D eigenvalue weighted by Crippen LogP contribution is 2.40. The van der Waals surface area contributed by atoms with Gasteiger partial charge in [-0.05, 0) is 29.8 Å². The van der Waals surface area contributed by atoms with E-state index in [9.17, 15) is 23.1 Å². The van der Waals surface area contributed by atoms with Crippen molar-refractivity contribution in [3.63, 3.8) is 0 Å². The van der Waals surface area contributed by atoms with Gasteiger partial charge in [0.2, 0.25) is 0 Å². The van der Waals surface area contributed by atoms with Crippen molar-refractivity contribution in [2.45, 2.75) is 12.6 Å². The van der Waals surface area contributed by atoms with Crippen molar-refractivity contribution in [1.82, 2.24) is 15.2 Å². The molecule has 0 fully saturated rings. The minimum absolute atomic E-state index is 0.218. The highest BCUT2D eigenvalue weighted by molar-refractivity contribution is 6.12. The number of carboxylic acids is 2. The van der Waals surface area contributed by atoms with Crippen LogP contribution >= 0.6 is 0 Å². The van der Waals surface area contributed by atoms with Gasteiger partial charge in [-0.3, -0.25) is 5.10 Å². The third-order valence-corrected chi connectivity index (χ3v) is 5.96. The number of halogens is 3. The van der Waals surface area contributed by atoms with Crippen LogP contribution in [0.15, 0.2) is 66.7 Å². The van der Waals surface area contributed by atoms with Crippen molar-refractivity contribution in [1.29, 1.82) is 0 Å². The molecule has 3 aromatic carbocycles. The monoisotopic (exact) mass is 553 g/mol. The lowest BCUT2D eigenvalue weighted by Gasteiger charge is -2.13. The number of nitrogens with one attached hydrogen (secondary N) is 1. The maximum absolute atomic E-state index is 11.3. The standard InChI is InChI=1S/C26H21N3O4.C2HF3O2/c1-32-21-13-18-19(14-22(21)33-2)24(16-8-10-17(11-9-16)26(30)31)27-25-23(18)20(28-29-25)12-15-6-4-3-5-7-15;3-2(4,5)1(6)7/h3-11,13-14H,12H2,1-2H3,(H,30,31)(H,27,28,29);(H,6,7). The second-order valence-electron chi connectivity index (χ2n) is 8.45. The number of fused-ring (bicyclic) bond motifs is 3. The van der Waals surface area contributed by atoms with Gasteiger partial charge in [0, 0.05) is 22.8 Å². The summed E-state index contributed by atoms with van der Waals surface area (Å²) in [7, 11) is 3.20. The van der Waals surface area contributed by atoms with Gasteiger partial charge in [0.05, 0.1) is 36.6 Å². The van der Waals surface area contributed by atoms with Crippen LogP contribution in [0.3, 0.4) is 0 Å². The van der Waals surface area contributed by atoms with E-state index in [1.54, 1.807) is 38.5 Å². The molecule has 0 radical (unpaired) electrons. The Labute approximate surface area is 224 Å². The Balaban J connectivity index is 0.000000470. The fourth-order valence-corrected chi connectivity index (χ4v) is 4.09. The summed E-state index contributed by atoms with van der Waals surface area (Å²) in [4.78, 5) is 25.1. The number of carbonyl (C=O) groups is 2. The number of aromatic carboxylic acids is 1. The molecule has 0 spiro atoms. The molecular weight excluding hydrogens is 531 g/mol. The molecule has 12 heteroatoms. The van der Waals surface area contributed by atoms with Gasteiger partial charge in [-0.1, -0.05) is 42.5 Å². The summed E-state index contributed by atoms with van der Waals surface area (Å²) < 4.78 is 42.9. The van der Waals surface area contributed by atoms with Crippen LogP contribution in [-0.2, 0) is 11.2 Å². The Bertz CT molecular complexity index is 1680. The van der Waals surface area contributed by atoms with Crippen LogP contribution < -0.4 is 9.47 Å². The molecule has 0 aliphatic heterocycles. The molecule has 0 amide bonds. The summed E-state index contributed by atoms with van der Waals surface area (Å²) in [6, 6.07) is 20.6. The first kappa shape index (κ1) is 27.9. The maximum atomic E-state index is 11.3. The summed E-state index contributed by atoms with van der Waals surface area (Å²) in [6.45, 7) is 0. The Morgan fingerprint density at radius 3 is 2.00 bits per heavy atom. The molecule has 9 nitrogen and oxygen atoms in total. The van der Waals surface area contributed by atoms with Gasteiger partial charge in [-0.25, -0.2) is 14.6 Å². The normalized spacial score (nSPS) is 11.1. The second-order valence-corrected chi connectivity index (χ2v) is 8.45. The molecule has 0 saturated heterocycles. The van der Waals surface area contributed by atoms with E-state index in [4.69, 9.17) is 24.4 Å². The molecule has 5 rings (SSSR count). The number of carboxylic acid groups (broad SMARTS) is 2. The van der Waals surface area contributed by atoms with Crippen LogP contribution in [0.1, 0.15) is 21.6 Å². The molecule has 0 atom stereocenters. The highest BCUT2D eigenvalue weighted by atomic mass is 19.4. The Kier molecular flexibility index (Phi) is 7.89. The zero-order chi connectivity index (χ0) is 29.0. The molecular formula is C28H22F3N3O6. The van der Waals surface area contributed by atoms with Crippen LogP contribution in [0.5, 0.6) is 11.5 Å². The number of aliphatic carboxylic acids is 1. The van der Waals surface area contributed by atoms with E-state index in [1.165, 1.54) is 0 Å². The van der Waals surface area contributed by atoms with Crippen LogP contribution in [0.25, 0.3) is 33.1 Å². The smallest absolute Gasteiger partial charge is 0.490 e. The number of nitrogens with zero attached hydrogens (tertiary/aromatic N) is 2. The van der Waals surface area contributed by atoms with Crippen molar-refractivity contribution >= 4 is 33.7 Å². The number of rotatable bonds is 6. The van der Waals surface area contributed by atoms with E-state index in [0.29, 0.717) is 29.3 Å². The predicted octanol–water partition coefficient (Wildman–Crippen LogP) is 5.72. The fraction of sp³-hybridized carbons (Fsp3) is 0.143. The van der Waals surface area contributed by atoms with E-state index in [2.05, 4.69) is 22.3 Å². The first-order valence-corrected chi connectivity index (χ1v) is 11.6. The third kappa shape index (κ3) is 5.80. The molecule has 0 bridgehead atoms. The number of benzene rings is 3. The zero-order valence-corrected chi connectivity index (χ0v) is 21.1. The van der Waals surface area contributed by atoms with Crippen LogP contribution in [0.4, 0.5) is 13.2 Å². The quantitative estimate of drug-likeness (QED) is 0.243. The van der Waals surface area contributed by atoms with Gasteiger partial charge in [0.15, 0.2) is 17.1 Å². The largest absolute Gasteiger partial charge is 0.493 e. The molecule has 5 aromatic rings. The highest BCUT2D eigenvalue weighted by Gasteiger charge is 2.38. The van der Waals surface area contributed by atoms with Gasteiger partial charge in [0.25, 0.3) is 0 Å². The molecule has 0 unspecified atom stereocenters. The third-order valence-electron chi connectivity index (χ3n) is 5.96. The summed E-state index contributed by atoms with van der Waals surface area (Å²) in [5.74, 6) is -2.54. The van der Waals surface area contributed by atoms with Gasteiger partial charge >= 0.3 is 18.1 Å². The van der Waals surface area contributed by atoms with E-state index >= 15 is 0 Å². The number of hydrogen-bond donors (Lipinski definition) is 3. The van der Waals surface area contributed by atoms with Crippen LogP contribution in [0.2, 0.25) is 0 Å².